The minimum Gasteiger partial charge on any atom is -0.381 e. The van der Waals surface area contributed by atoms with E-state index in [2.05, 4.69) is 24.1 Å². The van der Waals surface area contributed by atoms with Gasteiger partial charge in [-0.3, -0.25) is 4.79 Å². The van der Waals surface area contributed by atoms with E-state index in [0.717, 1.165) is 65.1 Å². The number of piperidine rings is 1. The summed E-state index contributed by atoms with van der Waals surface area (Å²) in [6.45, 7) is 9.51. The molecular formula is C15H28N2O2. The molecular weight excluding hydrogens is 240 g/mol. The highest BCUT2D eigenvalue weighted by Gasteiger charge is 2.40. The zero-order valence-corrected chi connectivity index (χ0v) is 12.4. The number of hydrogen-bond donors (Lipinski definition) is 1. The van der Waals surface area contributed by atoms with Crippen LogP contribution >= 0.6 is 0 Å². The van der Waals surface area contributed by atoms with E-state index in [1.807, 2.05) is 0 Å². The number of nitrogens with zero attached hydrogens (tertiary/aromatic N) is 1. The molecule has 2 unspecified atom stereocenters. The van der Waals surface area contributed by atoms with E-state index in [1.165, 1.54) is 0 Å². The van der Waals surface area contributed by atoms with E-state index in [1.54, 1.807) is 0 Å². The van der Waals surface area contributed by atoms with E-state index < -0.39 is 0 Å². The second-order valence-electron chi connectivity index (χ2n) is 5.99. The standard InChI is InChI=1S/C15H28N2O2/c1-3-15(7-5-8-16-12-15)14(18)17(4-2)10-13-6-9-19-11-13/h13,16H,3-12H2,1-2H3. The van der Waals surface area contributed by atoms with Gasteiger partial charge in [-0.15, -0.1) is 0 Å². The van der Waals surface area contributed by atoms with E-state index in [4.69, 9.17) is 4.74 Å². The quantitative estimate of drug-likeness (QED) is 0.824. The fraction of sp³-hybridized carbons (Fsp3) is 0.933. The van der Waals surface area contributed by atoms with Crippen LogP contribution in [0.4, 0.5) is 0 Å². The van der Waals surface area contributed by atoms with Gasteiger partial charge in [-0.1, -0.05) is 6.92 Å². The van der Waals surface area contributed by atoms with Crippen LogP contribution in [-0.4, -0.2) is 50.2 Å². The lowest BCUT2D eigenvalue weighted by Crippen LogP contribution is -2.52. The highest BCUT2D eigenvalue weighted by atomic mass is 16.5. The van der Waals surface area contributed by atoms with Crippen molar-refractivity contribution in [1.82, 2.24) is 10.2 Å². The van der Waals surface area contributed by atoms with Crippen LogP contribution in [0.5, 0.6) is 0 Å². The van der Waals surface area contributed by atoms with Crippen LogP contribution < -0.4 is 5.32 Å². The van der Waals surface area contributed by atoms with E-state index in [-0.39, 0.29) is 5.41 Å². The second kappa shape index (κ2) is 6.71. The van der Waals surface area contributed by atoms with Gasteiger partial charge in [0, 0.05) is 32.2 Å². The topological polar surface area (TPSA) is 41.6 Å². The molecule has 19 heavy (non-hydrogen) atoms. The average molecular weight is 268 g/mol. The molecule has 0 aliphatic carbocycles. The Hall–Kier alpha value is -0.610. The predicted octanol–water partition coefficient (Wildman–Crippen LogP) is 1.65. The van der Waals surface area contributed by atoms with Gasteiger partial charge >= 0.3 is 0 Å². The van der Waals surface area contributed by atoms with Gasteiger partial charge in [-0.25, -0.2) is 0 Å². The van der Waals surface area contributed by atoms with E-state index in [0.29, 0.717) is 11.8 Å². The molecule has 2 aliphatic rings. The van der Waals surface area contributed by atoms with Crippen LogP contribution in [0.25, 0.3) is 0 Å². The first-order chi connectivity index (χ1) is 9.22. The normalized spacial score (nSPS) is 31.4. The molecule has 0 bridgehead atoms. The molecule has 2 atom stereocenters. The van der Waals surface area contributed by atoms with Crippen molar-refractivity contribution in [1.29, 1.82) is 0 Å². The van der Waals surface area contributed by atoms with Crippen LogP contribution in [0.15, 0.2) is 0 Å². The van der Waals surface area contributed by atoms with Gasteiger partial charge in [0.05, 0.1) is 12.0 Å². The molecule has 0 radical (unpaired) electrons. The van der Waals surface area contributed by atoms with Gasteiger partial charge in [-0.2, -0.15) is 0 Å². The number of carbonyl (C=O) groups is 1. The summed E-state index contributed by atoms with van der Waals surface area (Å²) in [7, 11) is 0. The molecule has 2 rings (SSSR count). The lowest BCUT2D eigenvalue weighted by atomic mass is 9.77. The SMILES string of the molecule is CCN(CC1CCOC1)C(=O)C1(CC)CCCNC1. The Balaban J connectivity index is 2.00. The summed E-state index contributed by atoms with van der Waals surface area (Å²) in [5.41, 5.74) is -0.159. The highest BCUT2D eigenvalue weighted by molar-refractivity contribution is 5.83. The van der Waals surface area contributed by atoms with Crippen molar-refractivity contribution in [2.24, 2.45) is 11.3 Å². The smallest absolute Gasteiger partial charge is 0.230 e. The summed E-state index contributed by atoms with van der Waals surface area (Å²) >= 11 is 0. The van der Waals surface area contributed by atoms with Crippen molar-refractivity contribution < 1.29 is 9.53 Å². The van der Waals surface area contributed by atoms with Crippen molar-refractivity contribution in [3.63, 3.8) is 0 Å². The maximum absolute atomic E-state index is 12.9. The molecule has 110 valence electrons. The molecule has 0 aromatic heterocycles. The maximum Gasteiger partial charge on any atom is 0.230 e. The Labute approximate surface area is 116 Å². The van der Waals surface area contributed by atoms with Crippen LogP contribution in [-0.2, 0) is 9.53 Å². The van der Waals surface area contributed by atoms with Crippen LogP contribution in [0, 0.1) is 11.3 Å². The van der Waals surface area contributed by atoms with Crippen molar-refractivity contribution in [3.05, 3.63) is 0 Å². The molecule has 2 saturated heterocycles. The average Bonchev–Trinajstić information content (AvgIpc) is 2.97. The Morgan fingerprint density at radius 1 is 1.47 bits per heavy atom. The Morgan fingerprint density at radius 2 is 2.32 bits per heavy atom. The third-order valence-corrected chi connectivity index (χ3v) is 4.77. The summed E-state index contributed by atoms with van der Waals surface area (Å²) in [4.78, 5) is 15.0. The number of amides is 1. The molecule has 2 heterocycles. The molecule has 1 N–H and O–H groups in total. The van der Waals surface area contributed by atoms with E-state index >= 15 is 0 Å². The molecule has 0 saturated carbocycles. The Morgan fingerprint density at radius 3 is 2.84 bits per heavy atom. The first-order valence-corrected chi connectivity index (χ1v) is 7.79. The van der Waals surface area contributed by atoms with Gasteiger partial charge in [0.15, 0.2) is 0 Å². The molecule has 4 heteroatoms. The molecule has 2 fully saturated rings. The maximum atomic E-state index is 12.9. The number of ether oxygens (including phenoxy) is 1. The lowest BCUT2D eigenvalue weighted by molar-refractivity contribution is -0.144. The number of rotatable bonds is 5. The van der Waals surface area contributed by atoms with Gasteiger partial charge < -0.3 is 15.0 Å². The number of nitrogens with one attached hydrogen (secondary N) is 1. The summed E-state index contributed by atoms with van der Waals surface area (Å²) < 4.78 is 5.43. The van der Waals surface area contributed by atoms with Gasteiger partial charge in [-0.05, 0) is 39.2 Å². The summed E-state index contributed by atoms with van der Waals surface area (Å²) in [5, 5.41) is 3.41. The monoisotopic (exact) mass is 268 g/mol. The minimum atomic E-state index is -0.159. The van der Waals surface area contributed by atoms with Gasteiger partial charge in [0.1, 0.15) is 0 Å². The summed E-state index contributed by atoms with van der Waals surface area (Å²) in [6, 6.07) is 0. The molecule has 4 nitrogen and oxygen atoms in total. The zero-order valence-electron chi connectivity index (χ0n) is 12.4. The van der Waals surface area contributed by atoms with E-state index in [9.17, 15) is 4.79 Å². The molecule has 1 amide bonds. The van der Waals surface area contributed by atoms with Crippen molar-refractivity contribution in [2.45, 2.75) is 39.5 Å². The van der Waals surface area contributed by atoms with Crippen LogP contribution in [0.2, 0.25) is 0 Å². The van der Waals surface area contributed by atoms with Crippen molar-refractivity contribution in [3.8, 4) is 0 Å². The zero-order chi connectivity index (χ0) is 13.7. The third-order valence-electron chi connectivity index (χ3n) is 4.77. The molecule has 2 aliphatic heterocycles. The second-order valence-corrected chi connectivity index (χ2v) is 5.99. The summed E-state index contributed by atoms with van der Waals surface area (Å²) in [6.07, 6.45) is 4.19. The number of hydrogen-bond acceptors (Lipinski definition) is 3. The first kappa shape index (κ1) is 14.8. The van der Waals surface area contributed by atoms with Crippen LogP contribution in [0.3, 0.4) is 0 Å². The van der Waals surface area contributed by atoms with Crippen molar-refractivity contribution >= 4 is 5.91 Å². The van der Waals surface area contributed by atoms with Crippen LogP contribution in [0.1, 0.15) is 39.5 Å². The Kier molecular flexibility index (Phi) is 5.22. The largest absolute Gasteiger partial charge is 0.381 e. The van der Waals surface area contributed by atoms with Gasteiger partial charge in [0.2, 0.25) is 5.91 Å². The Bertz CT molecular complexity index is 295. The first-order valence-electron chi connectivity index (χ1n) is 7.79. The highest BCUT2D eigenvalue weighted by Crippen LogP contribution is 2.32. The molecule has 0 aromatic carbocycles. The fourth-order valence-corrected chi connectivity index (χ4v) is 3.33. The molecule has 0 aromatic rings. The van der Waals surface area contributed by atoms with Gasteiger partial charge in [0.25, 0.3) is 0 Å². The predicted molar refractivity (Wildman–Crippen MR) is 76.0 cm³/mol. The fourth-order valence-electron chi connectivity index (χ4n) is 3.33. The lowest BCUT2D eigenvalue weighted by Gasteiger charge is -2.40. The number of carbonyl (C=O) groups excluding carboxylic acids is 1. The third kappa shape index (κ3) is 3.29. The minimum absolute atomic E-state index is 0.159. The van der Waals surface area contributed by atoms with Crippen molar-refractivity contribution in [2.75, 3.05) is 39.4 Å². The molecule has 0 spiro atoms. The summed E-state index contributed by atoms with van der Waals surface area (Å²) in [5.74, 6) is 0.894.